The van der Waals surface area contributed by atoms with Crippen LogP contribution in [0, 0.1) is 0 Å². The average Bonchev–Trinajstić information content (AvgIpc) is 3.24. The Morgan fingerprint density at radius 2 is 0.968 bits per heavy atom. The number of nitrogens with one attached hydrogen (secondary N) is 1. The maximum atomic E-state index is 12.7. The lowest BCUT2D eigenvalue weighted by atomic mass is 10.0. The molecule has 8 nitrogen and oxygen atoms in total. The van der Waals surface area contributed by atoms with Crippen molar-refractivity contribution in [1.82, 2.24) is 5.32 Å². The number of carbonyl (C=O) groups is 1. The number of phosphoric acid groups is 1. The Morgan fingerprint density at radius 1 is 0.571 bits per heavy atom. The minimum Gasteiger partial charge on any atom is -0.756 e. The monoisotopic (exact) mass is 893 g/mol. The highest BCUT2D eigenvalue weighted by atomic mass is 31.2. The van der Waals surface area contributed by atoms with Gasteiger partial charge in [-0.05, 0) is 96.3 Å². The van der Waals surface area contributed by atoms with Crippen LogP contribution in [0.15, 0.2) is 134 Å². The largest absolute Gasteiger partial charge is 0.756 e. The van der Waals surface area contributed by atoms with Gasteiger partial charge in [0.1, 0.15) is 13.2 Å². The number of aliphatic hydroxyl groups is 1. The molecule has 0 fully saturated rings. The number of hydrogen-bond donors (Lipinski definition) is 2. The number of rotatable bonds is 41. The van der Waals surface area contributed by atoms with Crippen LogP contribution in [0.3, 0.4) is 0 Å². The predicted octanol–water partition coefficient (Wildman–Crippen LogP) is 13.4. The number of nitrogens with zero attached hydrogens (tertiary/aromatic N) is 1. The minimum absolute atomic E-state index is 0.00379. The summed E-state index contributed by atoms with van der Waals surface area (Å²) in [6.45, 7) is 4.41. The van der Waals surface area contributed by atoms with Crippen LogP contribution in [0.5, 0.6) is 0 Å². The van der Waals surface area contributed by atoms with Gasteiger partial charge in [0.05, 0.1) is 39.9 Å². The van der Waals surface area contributed by atoms with Gasteiger partial charge in [0, 0.05) is 6.42 Å². The van der Waals surface area contributed by atoms with Crippen LogP contribution < -0.4 is 10.2 Å². The molecule has 0 spiro atoms. The summed E-state index contributed by atoms with van der Waals surface area (Å²) in [5, 5.41) is 13.6. The van der Waals surface area contributed by atoms with Crippen molar-refractivity contribution in [3.05, 3.63) is 134 Å². The number of allylic oxidation sites excluding steroid dienone is 22. The van der Waals surface area contributed by atoms with Crippen molar-refractivity contribution in [3.8, 4) is 0 Å². The van der Waals surface area contributed by atoms with Crippen LogP contribution in [0.4, 0.5) is 0 Å². The van der Waals surface area contributed by atoms with Gasteiger partial charge >= 0.3 is 0 Å². The third-order valence-electron chi connectivity index (χ3n) is 9.65. The fourth-order valence-electron chi connectivity index (χ4n) is 5.86. The van der Waals surface area contributed by atoms with Gasteiger partial charge in [-0.2, -0.15) is 0 Å². The normalized spacial score (nSPS) is 15.3. The van der Waals surface area contributed by atoms with Gasteiger partial charge in [-0.25, -0.2) is 0 Å². The average molecular weight is 893 g/mol. The van der Waals surface area contributed by atoms with Gasteiger partial charge in [-0.1, -0.05) is 180 Å². The van der Waals surface area contributed by atoms with E-state index < -0.39 is 20.0 Å². The van der Waals surface area contributed by atoms with E-state index in [1.807, 2.05) is 21.1 Å². The fourth-order valence-corrected chi connectivity index (χ4v) is 6.59. The molecule has 0 saturated carbocycles. The predicted molar refractivity (Wildman–Crippen MR) is 269 cm³/mol. The van der Waals surface area contributed by atoms with E-state index in [0.717, 1.165) is 122 Å². The summed E-state index contributed by atoms with van der Waals surface area (Å²) >= 11 is 0. The summed E-state index contributed by atoms with van der Waals surface area (Å²) in [7, 11) is 1.25. The molecule has 0 aromatic heterocycles. The summed E-state index contributed by atoms with van der Waals surface area (Å²) in [5.41, 5.74) is 0. The molecule has 356 valence electrons. The summed E-state index contributed by atoms with van der Waals surface area (Å²) in [6, 6.07) is -0.824. The number of hydrogen-bond acceptors (Lipinski definition) is 6. The third kappa shape index (κ3) is 46.4. The summed E-state index contributed by atoms with van der Waals surface area (Å²) in [5.74, 6) is -0.214. The molecule has 9 heteroatoms. The first-order valence-corrected chi connectivity index (χ1v) is 25.5. The van der Waals surface area contributed by atoms with Crippen LogP contribution >= 0.6 is 7.82 Å². The van der Waals surface area contributed by atoms with Crippen LogP contribution in [0.2, 0.25) is 0 Å². The van der Waals surface area contributed by atoms with Gasteiger partial charge in [0.2, 0.25) is 5.91 Å². The number of phosphoric ester groups is 1. The molecule has 2 N–H and O–H groups in total. The molecule has 0 aliphatic carbocycles. The number of carbonyl (C=O) groups excluding carboxylic acids is 1. The van der Waals surface area contributed by atoms with Gasteiger partial charge in [-0.3, -0.25) is 9.36 Å². The molecular weight excluding hydrogens is 804 g/mol. The van der Waals surface area contributed by atoms with Crippen LogP contribution in [-0.2, 0) is 18.4 Å². The topological polar surface area (TPSA) is 108 Å². The van der Waals surface area contributed by atoms with E-state index >= 15 is 0 Å². The van der Waals surface area contributed by atoms with Gasteiger partial charge in [-0.15, -0.1) is 0 Å². The van der Waals surface area contributed by atoms with Crippen LogP contribution in [0.1, 0.15) is 149 Å². The highest BCUT2D eigenvalue weighted by Crippen LogP contribution is 2.38. The molecule has 3 atom stereocenters. The number of unbranched alkanes of at least 4 members (excludes halogenated alkanes) is 6. The lowest BCUT2D eigenvalue weighted by molar-refractivity contribution is -0.870. The maximum Gasteiger partial charge on any atom is 0.268 e. The number of likely N-dealkylation sites (N-methyl/N-ethyl adjacent to an activating group) is 1. The van der Waals surface area contributed by atoms with Crippen molar-refractivity contribution >= 4 is 13.7 Å². The Morgan fingerprint density at radius 3 is 1.37 bits per heavy atom. The Hall–Kier alpha value is -3.36. The number of aliphatic hydroxyl groups excluding tert-OH is 1. The number of quaternary nitrogens is 1. The Bertz CT molecular complexity index is 1480. The zero-order chi connectivity index (χ0) is 46.4. The molecule has 0 bridgehead atoms. The Kier molecular flexibility index (Phi) is 41.5. The summed E-state index contributed by atoms with van der Waals surface area (Å²) in [6.07, 6.45) is 66.9. The Labute approximate surface area is 386 Å². The molecule has 0 saturated heterocycles. The minimum atomic E-state index is -4.56. The first kappa shape index (κ1) is 59.6. The van der Waals surface area contributed by atoms with Crippen molar-refractivity contribution in [2.45, 2.75) is 161 Å². The molecular formula is C54H89N2O6P. The van der Waals surface area contributed by atoms with E-state index in [0.29, 0.717) is 23.9 Å². The van der Waals surface area contributed by atoms with Crippen LogP contribution in [0.25, 0.3) is 0 Å². The van der Waals surface area contributed by atoms with E-state index in [4.69, 9.17) is 9.05 Å². The molecule has 0 radical (unpaired) electrons. The molecule has 0 aliphatic rings. The summed E-state index contributed by atoms with van der Waals surface area (Å²) in [4.78, 5) is 25.1. The SMILES string of the molecule is CC/C=C\C/C=C\C/C=C\C/C=C\C/C=C\C/C=C\C/C=C\C/C=C\C/C=C\C/C=C\C/C=C\CCCCCC(=O)NC(COP(=O)([O-])OCC[N+](C)(C)C)C(O)CCCCCC. The molecule has 0 rings (SSSR count). The van der Waals surface area contributed by atoms with Gasteiger partial charge in [0.25, 0.3) is 7.82 Å². The van der Waals surface area contributed by atoms with Gasteiger partial charge in [0.15, 0.2) is 0 Å². The first-order chi connectivity index (χ1) is 30.5. The zero-order valence-corrected chi connectivity index (χ0v) is 41.1. The molecule has 0 aliphatic heterocycles. The lowest BCUT2D eigenvalue weighted by Gasteiger charge is -2.30. The fraction of sp³-hybridized carbons (Fsp3) is 0.574. The van der Waals surface area contributed by atoms with Crippen molar-refractivity contribution < 1.29 is 32.9 Å². The summed E-state index contributed by atoms with van der Waals surface area (Å²) < 4.78 is 23.0. The molecule has 63 heavy (non-hydrogen) atoms. The molecule has 0 aromatic rings. The van der Waals surface area contributed by atoms with E-state index in [-0.39, 0.29) is 19.1 Å². The zero-order valence-electron chi connectivity index (χ0n) is 40.2. The van der Waals surface area contributed by atoms with Crippen LogP contribution in [-0.4, -0.2) is 68.5 Å². The third-order valence-corrected chi connectivity index (χ3v) is 10.6. The molecule has 0 aromatic carbocycles. The Balaban J connectivity index is 4.05. The van der Waals surface area contributed by atoms with Crippen molar-refractivity contribution in [3.63, 3.8) is 0 Å². The van der Waals surface area contributed by atoms with E-state index in [9.17, 15) is 19.4 Å². The highest BCUT2D eigenvalue weighted by Gasteiger charge is 2.24. The van der Waals surface area contributed by atoms with Crippen molar-refractivity contribution in [1.29, 1.82) is 0 Å². The highest BCUT2D eigenvalue weighted by molar-refractivity contribution is 7.45. The van der Waals surface area contributed by atoms with Crippen molar-refractivity contribution in [2.24, 2.45) is 0 Å². The van der Waals surface area contributed by atoms with E-state index in [1.54, 1.807) is 0 Å². The molecule has 1 amide bonds. The second-order valence-electron chi connectivity index (χ2n) is 16.7. The van der Waals surface area contributed by atoms with E-state index in [1.165, 1.54) is 0 Å². The van der Waals surface area contributed by atoms with Gasteiger partial charge < -0.3 is 28.8 Å². The second kappa shape index (κ2) is 43.9. The number of amides is 1. The maximum absolute atomic E-state index is 12.7. The van der Waals surface area contributed by atoms with Crippen molar-refractivity contribution in [2.75, 3.05) is 40.9 Å². The smallest absolute Gasteiger partial charge is 0.268 e. The van der Waals surface area contributed by atoms with E-state index in [2.05, 4.69) is 153 Å². The lowest BCUT2D eigenvalue weighted by Crippen LogP contribution is -2.46. The quantitative estimate of drug-likeness (QED) is 0.0274. The molecule has 0 heterocycles. The molecule has 3 unspecified atom stereocenters. The standard InChI is InChI=1S/C54H89N2O6P/c1-6-8-10-12-13-14-15-16-17-18-19-20-21-22-23-24-25-26-27-28-29-30-31-32-33-34-35-36-37-38-39-40-41-42-43-44-46-48-54(58)55-52(53(57)47-45-11-9-7-2)51-62-63(59,60)61-50-49-56(3,4)5/h8,10,13-14,16-17,19-20,22-23,25-26,28-29,31-32,34-35,37-38,40-41,52-53,57H,6-7,9,11-12,15,18,21,24,27,30,33,36,39,42-51H2,1-5H3,(H-,55,58,59,60)/b10-8-,14-13-,17-16-,20-19-,23-22-,26-25-,29-28-,32-31-,35-34-,38-37-,41-40-. The first-order valence-electron chi connectivity index (χ1n) is 24.0. The second-order valence-corrected chi connectivity index (χ2v) is 18.1.